The van der Waals surface area contributed by atoms with Crippen molar-refractivity contribution >= 4 is 34.3 Å². The minimum Gasteiger partial charge on any atom is -0.364 e. The second-order valence-corrected chi connectivity index (χ2v) is 8.50. The van der Waals surface area contributed by atoms with Gasteiger partial charge in [0.2, 0.25) is 5.95 Å². The zero-order valence-corrected chi connectivity index (χ0v) is 17.9. The van der Waals surface area contributed by atoms with Gasteiger partial charge in [0.05, 0.1) is 11.6 Å². The number of carbonyl (C=O) groups is 1. The molecule has 0 bridgehead atoms. The molecule has 0 spiro atoms. The van der Waals surface area contributed by atoms with Crippen molar-refractivity contribution in [3.63, 3.8) is 0 Å². The molecule has 6 N–H and O–H groups in total. The molecule has 1 saturated carbocycles. The number of anilines is 3. The molecule has 0 radical (unpaired) electrons. The lowest BCUT2D eigenvalue weighted by molar-refractivity contribution is 0.0995. The van der Waals surface area contributed by atoms with Crippen LogP contribution in [0.4, 0.5) is 17.5 Å². The summed E-state index contributed by atoms with van der Waals surface area (Å²) in [4.78, 5) is 16.3. The Morgan fingerprint density at radius 1 is 1.29 bits per heavy atom. The molecule has 164 valence electrons. The highest BCUT2D eigenvalue weighted by Crippen LogP contribution is 2.32. The van der Waals surface area contributed by atoms with E-state index in [9.17, 15) is 4.79 Å². The molecule has 3 aromatic rings. The summed E-state index contributed by atoms with van der Waals surface area (Å²) in [6, 6.07) is 6.30. The van der Waals surface area contributed by atoms with Crippen LogP contribution in [0.15, 0.2) is 24.4 Å². The zero-order valence-electron chi connectivity index (χ0n) is 17.9. The number of amides is 1. The fourth-order valence-electron chi connectivity index (χ4n) is 3.70. The smallest absolute Gasteiger partial charge is 0.273 e. The van der Waals surface area contributed by atoms with Crippen LogP contribution in [0.5, 0.6) is 0 Å². The van der Waals surface area contributed by atoms with Gasteiger partial charge in [-0.2, -0.15) is 10.1 Å². The third-order valence-corrected chi connectivity index (χ3v) is 5.53. The number of primary amides is 1. The van der Waals surface area contributed by atoms with Gasteiger partial charge in [-0.25, -0.2) is 0 Å². The first kappa shape index (κ1) is 21.0. The number of nitrogens with two attached hydrogens (primary N) is 2. The second kappa shape index (κ2) is 8.84. The van der Waals surface area contributed by atoms with Crippen LogP contribution < -0.4 is 22.1 Å². The van der Waals surface area contributed by atoms with Gasteiger partial charge in [-0.3, -0.25) is 9.48 Å². The first-order chi connectivity index (χ1) is 14.9. The number of nitrogens with zero attached hydrogens (tertiary/aromatic N) is 5. The number of hydrogen-bond acceptors (Lipinski definition) is 8. The monoisotopic (exact) mass is 423 g/mol. The van der Waals surface area contributed by atoms with E-state index in [-0.39, 0.29) is 17.6 Å². The van der Waals surface area contributed by atoms with E-state index in [1.165, 1.54) is 19.3 Å². The van der Waals surface area contributed by atoms with Gasteiger partial charge in [-0.05, 0) is 49.8 Å². The van der Waals surface area contributed by atoms with E-state index in [0.717, 1.165) is 23.0 Å². The molecular formula is C21H29N9O. The fourth-order valence-corrected chi connectivity index (χ4v) is 3.70. The largest absolute Gasteiger partial charge is 0.364 e. The molecule has 10 heteroatoms. The topological polar surface area (TPSA) is 150 Å². The Morgan fingerprint density at radius 2 is 2.10 bits per heavy atom. The minimum absolute atomic E-state index is 0.00257. The van der Waals surface area contributed by atoms with Crippen LogP contribution in [0.25, 0.3) is 10.9 Å². The lowest BCUT2D eigenvalue weighted by Gasteiger charge is -2.25. The normalized spacial score (nSPS) is 15.1. The molecule has 10 nitrogen and oxygen atoms in total. The van der Waals surface area contributed by atoms with E-state index in [1.807, 2.05) is 22.9 Å². The van der Waals surface area contributed by atoms with Gasteiger partial charge in [-0.15, -0.1) is 10.2 Å². The van der Waals surface area contributed by atoms with Crippen molar-refractivity contribution in [1.82, 2.24) is 25.0 Å². The zero-order chi connectivity index (χ0) is 22.0. The van der Waals surface area contributed by atoms with Crippen molar-refractivity contribution in [3.8, 4) is 0 Å². The van der Waals surface area contributed by atoms with Crippen LogP contribution in [0, 0.1) is 5.92 Å². The Balaban J connectivity index is 1.58. The summed E-state index contributed by atoms with van der Waals surface area (Å²) in [5.41, 5.74) is 13.0. The average molecular weight is 424 g/mol. The highest BCUT2D eigenvalue weighted by Gasteiger charge is 2.21. The van der Waals surface area contributed by atoms with Gasteiger partial charge < -0.3 is 22.1 Å². The maximum atomic E-state index is 11.9. The molecule has 31 heavy (non-hydrogen) atoms. The standard InChI is InChI=1S/C21H29N9O/c1-12(2)8-15(10-22)25-21-26-20(18(19(23)31)27-28-21)24-14-6-7-17-13(9-14)11-30(29-17)16-4-3-5-16/h6-7,9,11-12,15-16H,3-5,8,10,22H2,1-2H3,(H2,23,31)(H2,24,25,26,28)/t15-/m1/s1. The Kier molecular flexibility index (Phi) is 5.99. The highest BCUT2D eigenvalue weighted by atomic mass is 16.1. The minimum atomic E-state index is -0.703. The number of nitrogens with one attached hydrogen (secondary N) is 2. The molecule has 1 aromatic carbocycles. The number of rotatable bonds is 9. The van der Waals surface area contributed by atoms with Crippen LogP contribution >= 0.6 is 0 Å². The van der Waals surface area contributed by atoms with Crippen LogP contribution in [-0.4, -0.2) is 43.5 Å². The number of fused-ring (bicyclic) bond motifs is 1. The summed E-state index contributed by atoms with van der Waals surface area (Å²) in [6.45, 7) is 4.68. The molecular weight excluding hydrogens is 394 g/mol. The van der Waals surface area contributed by atoms with E-state index in [4.69, 9.17) is 11.5 Å². The summed E-state index contributed by atoms with van der Waals surface area (Å²) in [7, 11) is 0. The molecule has 1 amide bonds. The maximum Gasteiger partial charge on any atom is 0.273 e. The molecule has 0 unspecified atom stereocenters. The summed E-state index contributed by atoms with van der Waals surface area (Å²) in [6.07, 6.45) is 6.51. The lowest BCUT2D eigenvalue weighted by atomic mass is 9.93. The Labute approximate surface area is 180 Å². The Hall–Kier alpha value is -3.27. The van der Waals surface area contributed by atoms with Crippen molar-refractivity contribution in [2.75, 3.05) is 17.2 Å². The van der Waals surface area contributed by atoms with Gasteiger partial charge in [0.15, 0.2) is 11.5 Å². The summed E-state index contributed by atoms with van der Waals surface area (Å²) >= 11 is 0. The van der Waals surface area contributed by atoms with Gasteiger partial charge in [0.25, 0.3) is 5.91 Å². The summed E-state index contributed by atoms with van der Waals surface area (Å²) in [5, 5.41) is 20.0. The third-order valence-electron chi connectivity index (χ3n) is 5.53. The van der Waals surface area contributed by atoms with Crippen LogP contribution in [-0.2, 0) is 0 Å². The van der Waals surface area contributed by atoms with E-state index in [0.29, 0.717) is 24.5 Å². The second-order valence-electron chi connectivity index (χ2n) is 8.50. The molecule has 1 fully saturated rings. The van der Waals surface area contributed by atoms with Crippen molar-refractivity contribution in [1.29, 1.82) is 0 Å². The highest BCUT2D eigenvalue weighted by molar-refractivity contribution is 5.96. The van der Waals surface area contributed by atoms with E-state index in [1.54, 1.807) is 0 Å². The first-order valence-electron chi connectivity index (χ1n) is 10.7. The average Bonchev–Trinajstić information content (AvgIpc) is 3.08. The Morgan fingerprint density at radius 3 is 2.74 bits per heavy atom. The number of aromatic nitrogens is 5. The van der Waals surface area contributed by atoms with E-state index in [2.05, 4.69) is 51.0 Å². The molecule has 0 aliphatic heterocycles. The van der Waals surface area contributed by atoms with Gasteiger partial charge in [-0.1, -0.05) is 13.8 Å². The maximum absolute atomic E-state index is 11.9. The van der Waals surface area contributed by atoms with Crippen LogP contribution in [0.3, 0.4) is 0 Å². The van der Waals surface area contributed by atoms with E-state index < -0.39 is 5.91 Å². The lowest BCUT2D eigenvalue weighted by Crippen LogP contribution is -2.31. The first-order valence-corrected chi connectivity index (χ1v) is 10.7. The van der Waals surface area contributed by atoms with Crippen LogP contribution in [0.2, 0.25) is 0 Å². The molecule has 0 saturated heterocycles. The SMILES string of the molecule is CC(C)C[C@H](CN)Nc1nnc(C(N)=O)c(Nc2ccc3nn(C4CCC4)cc3c2)n1. The molecule has 4 rings (SSSR count). The van der Waals surface area contributed by atoms with Crippen molar-refractivity contribution < 1.29 is 4.79 Å². The quantitative estimate of drug-likeness (QED) is 0.410. The summed E-state index contributed by atoms with van der Waals surface area (Å²) in [5.74, 6) is 0.299. The summed E-state index contributed by atoms with van der Waals surface area (Å²) < 4.78 is 2.04. The Bertz CT molecular complexity index is 1070. The van der Waals surface area contributed by atoms with Crippen LogP contribution in [0.1, 0.15) is 56.1 Å². The third kappa shape index (κ3) is 4.74. The molecule has 2 aromatic heterocycles. The van der Waals surface area contributed by atoms with Gasteiger partial charge in [0.1, 0.15) is 0 Å². The molecule has 2 heterocycles. The van der Waals surface area contributed by atoms with E-state index >= 15 is 0 Å². The van der Waals surface area contributed by atoms with Crippen molar-refractivity contribution in [2.45, 2.75) is 51.6 Å². The predicted octanol–water partition coefficient (Wildman–Crippen LogP) is 2.57. The fraction of sp³-hybridized carbons (Fsp3) is 0.476. The number of hydrogen-bond donors (Lipinski definition) is 4. The number of benzene rings is 1. The van der Waals surface area contributed by atoms with Gasteiger partial charge in [0, 0.05) is 29.9 Å². The van der Waals surface area contributed by atoms with Gasteiger partial charge >= 0.3 is 0 Å². The number of carbonyl (C=O) groups excluding carboxylic acids is 1. The molecule has 1 atom stereocenters. The molecule has 1 aliphatic carbocycles. The van der Waals surface area contributed by atoms with Crippen molar-refractivity contribution in [2.24, 2.45) is 17.4 Å². The van der Waals surface area contributed by atoms with Crippen molar-refractivity contribution in [3.05, 3.63) is 30.1 Å². The predicted molar refractivity (Wildman–Crippen MR) is 120 cm³/mol. The molecule has 1 aliphatic rings.